The molecule has 3 heterocycles. The van der Waals surface area contributed by atoms with Crippen LogP contribution in [0, 0.1) is 12.8 Å². The van der Waals surface area contributed by atoms with Crippen LogP contribution in [-0.4, -0.2) is 58.4 Å². The normalized spacial score (nSPS) is 18.2. The zero-order valence-corrected chi connectivity index (χ0v) is 17.3. The lowest BCUT2D eigenvalue weighted by Gasteiger charge is -2.21. The number of hydrogen-bond donors (Lipinski definition) is 1. The number of rotatable bonds is 6. The van der Waals surface area contributed by atoms with Crippen LogP contribution in [0.5, 0.6) is 0 Å². The molecule has 0 aliphatic carbocycles. The van der Waals surface area contributed by atoms with E-state index in [9.17, 15) is 4.79 Å². The van der Waals surface area contributed by atoms with Crippen molar-refractivity contribution in [2.24, 2.45) is 5.92 Å². The Labute approximate surface area is 172 Å². The van der Waals surface area contributed by atoms with Gasteiger partial charge in [0.05, 0.1) is 0 Å². The van der Waals surface area contributed by atoms with Gasteiger partial charge in [-0.1, -0.05) is 29.8 Å². The predicted molar refractivity (Wildman–Crippen MR) is 110 cm³/mol. The Kier molecular flexibility index (Phi) is 6.56. The third kappa shape index (κ3) is 5.22. The van der Waals surface area contributed by atoms with Crippen molar-refractivity contribution in [2.45, 2.75) is 45.7 Å². The first kappa shape index (κ1) is 20.0. The molecule has 0 atom stereocenters. The highest BCUT2D eigenvalue weighted by Crippen LogP contribution is 2.15. The molecule has 0 bridgehead atoms. The summed E-state index contributed by atoms with van der Waals surface area (Å²) in [5.74, 6) is 2.27. The summed E-state index contributed by atoms with van der Waals surface area (Å²) in [4.78, 5) is 14.8. The highest BCUT2D eigenvalue weighted by atomic mass is 16.5. The molecular weight excluding hydrogens is 366 g/mol. The SMILES string of the molecule is Cc1cccc(CN2CCc3nnc(CCNC(=O)C4CCOCC4)n3CC2)c1. The number of hydrogen-bond acceptors (Lipinski definition) is 5. The highest BCUT2D eigenvalue weighted by Gasteiger charge is 2.22. The number of nitrogens with one attached hydrogen (secondary N) is 1. The fraction of sp³-hybridized carbons (Fsp3) is 0.591. The van der Waals surface area contributed by atoms with Crippen LogP contribution in [0.3, 0.4) is 0 Å². The number of carbonyl (C=O) groups excluding carboxylic acids is 1. The molecule has 0 spiro atoms. The van der Waals surface area contributed by atoms with Crippen LogP contribution in [0.15, 0.2) is 24.3 Å². The van der Waals surface area contributed by atoms with Crippen LogP contribution in [0.2, 0.25) is 0 Å². The topological polar surface area (TPSA) is 72.3 Å². The lowest BCUT2D eigenvalue weighted by molar-refractivity contribution is -0.127. The monoisotopic (exact) mass is 397 g/mol. The quantitative estimate of drug-likeness (QED) is 0.804. The van der Waals surface area contributed by atoms with E-state index in [1.54, 1.807) is 0 Å². The first-order valence-corrected chi connectivity index (χ1v) is 10.7. The lowest BCUT2D eigenvalue weighted by atomic mass is 9.99. The molecule has 0 unspecified atom stereocenters. The second-order valence-electron chi connectivity index (χ2n) is 8.13. The minimum absolute atomic E-state index is 0.0921. The summed E-state index contributed by atoms with van der Waals surface area (Å²) in [7, 11) is 0. The standard InChI is InChI=1S/C22H31N5O2/c1-17-3-2-4-18(15-17)16-26-10-6-21-25-24-20(27(21)12-11-26)5-9-23-22(28)19-7-13-29-14-8-19/h2-4,15,19H,5-14,16H2,1H3,(H,23,28). The van der Waals surface area contributed by atoms with E-state index in [0.29, 0.717) is 19.8 Å². The Hall–Kier alpha value is -2.25. The number of nitrogens with zero attached hydrogens (tertiary/aromatic N) is 4. The van der Waals surface area contributed by atoms with E-state index >= 15 is 0 Å². The molecule has 1 aromatic carbocycles. The number of carbonyl (C=O) groups is 1. The van der Waals surface area contributed by atoms with Crippen molar-refractivity contribution in [3.63, 3.8) is 0 Å². The highest BCUT2D eigenvalue weighted by molar-refractivity contribution is 5.78. The van der Waals surface area contributed by atoms with Crippen molar-refractivity contribution in [1.29, 1.82) is 0 Å². The molecule has 0 radical (unpaired) electrons. The summed E-state index contributed by atoms with van der Waals surface area (Å²) >= 11 is 0. The summed E-state index contributed by atoms with van der Waals surface area (Å²) in [6.45, 7) is 7.98. The second kappa shape index (κ2) is 9.50. The van der Waals surface area contributed by atoms with Crippen molar-refractivity contribution in [3.8, 4) is 0 Å². The van der Waals surface area contributed by atoms with Crippen LogP contribution >= 0.6 is 0 Å². The molecule has 1 aromatic heterocycles. The fourth-order valence-corrected chi connectivity index (χ4v) is 4.24. The van der Waals surface area contributed by atoms with Gasteiger partial charge in [0.15, 0.2) is 0 Å². The van der Waals surface area contributed by atoms with E-state index in [2.05, 4.69) is 56.2 Å². The fourth-order valence-electron chi connectivity index (χ4n) is 4.24. The van der Waals surface area contributed by atoms with Gasteiger partial charge in [-0.15, -0.1) is 10.2 Å². The first-order valence-electron chi connectivity index (χ1n) is 10.7. The molecular formula is C22H31N5O2. The Morgan fingerprint density at radius 2 is 2.07 bits per heavy atom. The summed E-state index contributed by atoms with van der Waals surface area (Å²) in [6.07, 6.45) is 3.28. The Balaban J connectivity index is 1.28. The maximum atomic E-state index is 12.3. The molecule has 1 N–H and O–H groups in total. The number of fused-ring (bicyclic) bond motifs is 1. The van der Waals surface area contributed by atoms with Gasteiger partial charge in [0.2, 0.25) is 5.91 Å². The van der Waals surface area contributed by atoms with E-state index in [1.807, 2.05) is 0 Å². The van der Waals surface area contributed by atoms with Crippen LogP contribution in [0.25, 0.3) is 0 Å². The molecule has 1 amide bonds. The average molecular weight is 398 g/mol. The Bertz CT molecular complexity index is 828. The first-order chi connectivity index (χ1) is 14.2. The molecule has 4 rings (SSSR count). The summed E-state index contributed by atoms with van der Waals surface area (Å²) in [6, 6.07) is 8.73. The number of benzene rings is 1. The van der Waals surface area contributed by atoms with Gasteiger partial charge in [0.1, 0.15) is 11.6 Å². The number of ether oxygens (including phenoxy) is 1. The molecule has 2 aliphatic heterocycles. The van der Waals surface area contributed by atoms with Gasteiger partial charge in [0, 0.05) is 64.7 Å². The van der Waals surface area contributed by atoms with Crippen LogP contribution < -0.4 is 5.32 Å². The van der Waals surface area contributed by atoms with Crippen molar-refractivity contribution in [2.75, 3.05) is 32.8 Å². The predicted octanol–water partition coefficient (Wildman–Crippen LogP) is 1.73. The number of aromatic nitrogens is 3. The van der Waals surface area contributed by atoms with Gasteiger partial charge in [0.25, 0.3) is 0 Å². The molecule has 2 aliphatic rings. The molecule has 1 saturated heterocycles. The minimum Gasteiger partial charge on any atom is -0.381 e. The zero-order valence-electron chi connectivity index (χ0n) is 17.3. The van der Waals surface area contributed by atoms with E-state index in [-0.39, 0.29) is 11.8 Å². The summed E-state index contributed by atoms with van der Waals surface area (Å²) in [5, 5.41) is 11.9. The summed E-state index contributed by atoms with van der Waals surface area (Å²) in [5.41, 5.74) is 2.67. The molecule has 29 heavy (non-hydrogen) atoms. The smallest absolute Gasteiger partial charge is 0.223 e. The lowest BCUT2D eigenvalue weighted by Crippen LogP contribution is -2.35. The van der Waals surface area contributed by atoms with Gasteiger partial charge in [-0.2, -0.15) is 0 Å². The average Bonchev–Trinajstić information content (AvgIpc) is 3.01. The molecule has 0 saturated carbocycles. The van der Waals surface area contributed by atoms with Crippen LogP contribution in [0.4, 0.5) is 0 Å². The van der Waals surface area contributed by atoms with E-state index < -0.39 is 0 Å². The maximum absolute atomic E-state index is 12.3. The number of aryl methyl sites for hydroxylation is 1. The van der Waals surface area contributed by atoms with Gasteiger partial charge in [-0.25, -0.2) is 0 Å². The van der Waals surface area contributed by atoms with Crippen LogP contribution in [-0.2, 0) is 35.5 Å². The van der Waals surface area contributed by atoms with Crippen molar-refractivity contribution in [3.05, 3.63) is 47.0 Å². The van der Waals surface area contributed by atoms with E-state index in [0.717, 1.165) is 63.5 Å². The molecule has 2 aromatic rings. The van der Waals surface area contributed by atoms with Gasteiger partial charge in [-0.3, -0.25) is 9.69 Å². The maximum Gasteiger partial charge on any atom is 0.223 e. The third-order valence-electron chi connectivity index (χ3n) is 5.92. The zero-order chi connectivity index (χ0) is 20.1. The van der Waals surface area contributed by atoms with Crippen molar-refractivity contribution in [1.82, 2.24) is 25.0 Å². The molecule has 7 heteroatoms. The van der Waals surface area contributed by atoms with Crippen LogP contribution in [0.1, 0.15) is 35.6 Å². The van der Waals surface area contributed by atoms with E-state index in [4.69, 9.17) is 4.74 Å². The van der Waals surface area contributed by atoms with E-state index in [1.165, 1.54) is 11.1 Å². The molecule has 7 nitrogen and oxygen atoms in total. The molecule has 1 fully saturated rings. The second-order valence-corrected chi connectivity index (χ2v) is 8.13. The number of amides is 1. The minimum atomic E-state index is 0.0921. The third-order valence-corrected chi connectivity index (χ3v) is 5.92. The van der Waals surface area contributed by atoms with Crippen molar-refractivity contribution >= 4 is 5.91 Å². The molecule has 156 valence electrons. The largest absolute Gasteiger partial charge is 0.381 e. The van der Waals surface area contributed by atoms with Gasteiger partial charge < -0.3 is 14.6 Å². The van der Waals surface area contributed by atoms with Gasteiger partial charge in [-0.05, 0) is 25.3 Å². The summed E-state index contributed by atoms with van der Waals surface area (Å²) < 4.78 is 7.58. The Morgan fingerprint density at radius 1 is 1.21 bits per heavy atom. The van der Waals surface area contributed by atoms with Crippen molar-refractivity contribution < 1.29 is 9.53 Å². The Morgan fingerprint density at radius 3 is 2.90 bits per heavy atom. The van der Waals surface area contributed by atoms with Gasteiger partial charge >= 0.3 is 0 Å².